The lowest BCUT2D eigenvalue weighted by Gasteiger charge is -2.11. The smallest absolute Gasteiger partial charge is 0.255 e. The third-order valence-corrected chi connectivity index (χ3v) is 4.08. The van der Waals surface area contributed by atoms with Gasteiger partial charge in [-0.3, -0.25) is 9.59 Å². The zero-order valence-electron chi connectivity index (χ0n) is 15.1. The lowest BCUT2D eigenvalue weighted by Crippen LogP contribution is -2.18. The van der Waals surface area contributed by atoms with Gasteiger partial charge in [0.2, 0.25) is 11.7 Å². The summed E-state index contributed by atoms with van der Waals surface area (Å²) < 4.78 is 0. The Morgan fingerprint density at radius 3 is 2.48 bits per heavy atom. The van der Waals surface area contributed by atoms with Gasteiger partial charge in [-0.05, 0) is 35.4 Å². The van der Waals surface area contributed by atoms with E-state index < -0.39 is 0 Å². The normalized spacial score (nSPS) is 10.4. The number of carbonyl (C=O) groups excluding carboxylic acids is 2. The molecule has 0 unspecified atom stereocenters. The fourth-order valence-corrected chi connectivity index (χ4v) is 2.60. The van der Waals surface area contributed by atoms with Crippen molar-refractivity contribution in [2.24, 2.45) is 7.05 Å². The number of benzene rings is 2. The molecule has 27 heavy (non-hydrogen) atoms. The number of amides is 2. The SMILES string of the molecule is CNC(=O)CCc1ccccc1NC(=O)c1ccc(-c2nnn(C)n2)cc1. The van der Waals surface area contributed by atoms with Crippen LogP contribution in [0.25, 0.3) is 11.4 Å². The fraction of sp³-hybridized carbons (Fsp3) is 0.211. The minimum absolute atomic E-state index is 0.0376. The molecule has 1 aromatic heterocycles. The van der Waals surface area contributed by atoms with Crippen LogP contribution >= 0.6 is 0 Å². The van der Waals surface area contributed by atoms with Gasteiger partial charge in [-0.2, -0.15) is 4.80 Å². The molecular formula is C19H20N6O2. The first kappa shape index (κ1) is 18.2. The van der Waals surface area contributed by atoms with E-state index in [9.17, 15) is 9.59 Å². The van der Waals surface area contributed by atoms with Crippen molar-refractivity contribution in [2.45, 2.75) is 12.8 Å². The van der Waals surface area contributed by atoms with Crippen LogP contribution in [0.3, 0.4) is 0 Å². The summed E-state index contributed by atoms with van der Waals surface area (Å²) in [5.74, 6) is 0.245. The van der Waals surface area contributed by atoms with Crippen LogP contribution in [0.15, 0.2) is 48.5 Å². The van der Waals surface area contributed by atoms with E-state index in [1.807, 2.05) is 24.3 Å². The van der Waals surface area contributed by atoms with E-state index >= 15 is 0 Å². The lowest BCUT2D eigenvalue weighted by atomic mass is 10.1. The van der Waals surface area contributed by atoms with E-state index in [1.165, 1.54) is 4.80 Å². The highest BCUT2D eigenvalue weighted by Gasteiger charge is 2.11. The Labute approximate surface area is 156 Å². The van der Waals surface area contributed by atoms with Crippen LogP contribution in [0, 0.1) is 0 Å². The zero-order chi connectivity index (χ0) is 19.2. The molecule has 3 aromatic rings. The Hall–Kier alpha value is -3.55. The predicted molar refractivity (Wildman–Crippen MR) is 101 cm³/mol. The molecule has 1 heterocycles. The Balaban J connectivity index is 1.71. The van der Waals surface area contributed by atoms with Crippen molar-refractivity contribution in [1.29, 1.82) is 0 Å². The molecule has 0 saturated carbocycles. The second kappa shape index (κ2) is 8.22. The van der Waals surface area contributed by atoms with E-state index in [0.29, 0.717) is 29.9 Å². The quantitative estimate of drug-likeness (QED) is 0.694. The molecule has 0 bridgehead atoms. The molecule has 2 N–H and O–H groups in total. The second-order valence-corrected chi connectivity index (χ2v) is 5.96. The second-order valence-electron chi connectivity index (χ2n) is 5.96. The monoisotopic (exact) mass is 364 g/mol. The average Bonchev–Trinajstić information content (AvgIpc) is 3.13. The van der Waals surface area contributed by atoms with Crippen LogP contribution in [0.4, 0.5) is 5.69 Å². The Morgan fingerprint density at radius 1 is 1.07 bits per heavy atom. The van der Waals surface area contributed by atoms with Crippen molar-refractivity contribution in [1.82, 2.24) is 25.5 Å². The molecule has 0 aliphatic carbocycles. The molecule has 0 saturated heterocycles. The van der Waals surface area contributed by atoms with E-state index in [1.54, 1.807) is 38.4 Å². The van der Waals surface area contributed by atoms with Crippen molar-refractivity contribution in [3.05, 3.63) is 59.7 Å². The number of aromatic nitrogens is 4. The largest absolute Gasteiger partial charge is 0.359 e. The average molecular weight is 364 g/mol. The summed E-state index contributed by atoms with van der Waals surface area (Å²) in [6.45, 7) is 0. The molecule has 0 aliphatic rings. The number of aryl methyl sites for hydroxylation is 2. The molecule has 138 valence electrons. The molecule has 8 heteroatoms. The Morgan fingerprint density at radius 2 is 1.81 bits per heavy atom. The summed E-state index contributed by atoms with van der Waals surface area (Å²) in [5, 5.41) is 17.4. The van der Waals surface area contributed by atoms with Gasteiger partial charge >= 0.3 is 0 Å². The number of hydrogen-bond donors (Lipinski definition) is 2. The highest BCUT2D eigenvalue weighted by atomic mass is 16.2. The van der Waals surface area contributed by atoms with Crippen LogP contribution in [-0.2, 0) is 18.3 Å². The number of para-hydroxylation sites is 1. The molecular weight excluding hydrogens is 344 g/mol. The van der Waals surface area contributed by atoms with E-state index in [-0.39, 0.29) is 11.8 Å². The molecule has 8 nitrogen and oxygen atoms in total. The summed E-state index contributed by atoms with van der Waals surface area (Å²) in [6, 6.07) is 14.5. The van der Waals surface area contributed by atoms with Gasteiger partial charge in [-0.15, -0.1) is 10.2 Å². The van der Waals surface area contributed by atoms with Gasteiger partial charge in [0.1, 0.15) is 0 Å². The van der Waals surface area contributed by atoms with Crippen LogP contribution in [0.2, 0.25) is 0 Å². The maximum Gasteiger partial charge on any atom is 0.255 e. The predicted octanol–water partition coefficient (Wildman–Crippen LogP) is 1.81. The van der Waals surface area contributed by atoms with Crippen molar-refractivity contribution in [3.63, 3.8) is 0 Å². The van der Waals surface area contributed by atoms with Gasteiger partial charge in [0.25, 0.3) is 5.91 Å². The van der Waals surface area contributed by atoms with Gasteiger partial charge < -0.3 is 10.6 Å². The number of nitrogens with one attached hydrogen (secondary N) is 2. The molecule has 0 spiro atoms. The Kier molecular flexibility index (Phi) is 5.55. The van der Waals surface area contributed by atoms with Crippen LogP contribution in [0.1, 0.15) is 22.3 Å². The number of carbonyl (C=O) groups is 2. The van der Waals surface area contributed by atoms with Crippen LogP contribution in [-0.4, -0.2) is 39.1 Å². The standard InChI is InChI=1S/C19H20N6O2/c1-20-17(26)12-11-13-5-3-4-6-16(13)21-19(27)15-9-7-14(8-10-15)18-22-24-25(2)23-18/h3-10H,11-12H2,1-2H3,(H,20,26)(H,21,27). The van der Waals surface area contributed by atoms with Gasteiger partial charge in [-0.1, -0.05) is 30.3 Å². The summed E-state index contributed by atoms with van der Waals surface area (Å²) in [6.07, 6.45) is 0.913. The minimum atomic E-state index is -0.221. The maximum absolute atomic E-state index is 12.6. The first-order valence-electron chi connectivity index (χ1n) is 8.51. The topological polar surface area (TPSA) is 102 Å². The molecule has 3 rings (SSSR count). The maximum atomic E-state index is 12.6. The number of tetrazole rings is 1. The van der Waals surface area contributed by atoms with Crippen molar-refractivity contribution in [3.8, 4) is 11.4 Å². The van der Waals surface area contributed by atoms with Crippen LogP contribution < -0.4 is 10.6 Å². The molecule has 0 fully saturated rings. The Bertz CT molecular complexity index is 949. The molecule has 0 aliphatic heterocycles. The number of nitrogens with zero attached hydrogens (tertiary/aromatic N) is 4. The molecule has 2 aromatic carbocycles. The fourth-order valence-electron chi connectivity index (χ4n) is 2.60. The highest BCUT2D eigenvalue weighted by Crippen LogP contribution is 2.19. The zero-order valence-corrected chi connectivity index (χ0v) is 15.1. The van der Waals surface area contributed by atoms with Gasteiger partial charge in [0, 0.05) is 30.3 Å². The van der Waals surface area contributed by atoms with E-state index in [4.69, 9.17) is 0 Å². The lowest BCUT2D eigenvalue weighted by molar-refractivity contribution is -0.120. The first-order valence-corrected chi connectivity index (χ1v) is 8.51. The third kappa shape index (κ3) is 4.55. The summed E-state index contributed by atoms with van der Waals surface area (Å²) in [4.78, 5) is 25.4. The van der Waals surface area contributed by atoms with Gasteiger partial charge in [0.15, 0.2) is 0 Å². The summed E-state index contributed by atoms with van der Waals surface area (Å²) in [5.41, 5.74) is 2.91. The van der Waals surface area contributed by atoms with Crippen molar-refractivity contribution < 1.29 is 9.59 Å². The molecule has 0 atom stereocenters. The van der Waals surface area contributed by atoms with Crippen molar-refractivity contribution in [2.75, 3.05) is 12.4 Å². The third-order valence-electron chi connectivity index (χ3n) is 4.08. The van der Waals surface area contributed by atoms with Crippen LogP contribution in [0.5, 0.6) is 0 Å². The summed E-state index contributed by atoms with van der Waals surface area (Å²) in [7, 11) is 3.30. The minimum Gasteiger partial charge on any atom is -0.359 e. The number of anilines is 1. The number of hydrogen-bond acceptors (Lipinski definition) is 5. The van der Waals surface area contributed by atoms with E-state index in [0.717, 1.165) is 11.1 Å². The van der Waals surface area contributed by atoms with E-state index in [2.05, 4.69) is 26.0 Å². The van der Waals surface area contributed by atoms with Gasteiger partial charge in [0.05, 0.1) is 7.05 Å². The number of rotatable bonds is 6. The van der Waals surface area contributed by atoms with Gasteiger partial charge in [-0.25, -0.2) is 0 Å². The molecule has 0 radical (unpaired) electrons. The highest BCUT2D eigenvalue weighted by molar-refractivity contribution is 6.04. The van der Waals surface area contributed by atoms with Crippen molar-refractivity contribution >= 4 is 17.5 Å². The summed E-state index contributed by atoms with van der Waals surface area (Å²) >= 11 is 0. The first-order chi connectivity index (χ1) is 13.1. The molecule has 2 amide bonds.